The van der Waals surface area contributed by atoms with Crippen molar-refractivity contribution in [1.29, 1.82) is 0 Å². The average Bonchev–Trinajstić information content (AvgIpc) is 2.65. The minimum atomic E-state index is -1.11. The van der Waals surface area contributed by atoms with Crippen LogP contribution in [0.25, 0.3) is 21.5 Å². The fourth-order valence-electron chi connectivity index (χ4n) is 2.78. The van der Waals surface area contributed by atoms with Gasteiger partial charge in [-0.3, -0.25) is 10.1 Å². The van der Waals surface area contributed by atoms with Crippen LogP contribution in [0.4, 0.5) is 4.79 Å². The average molecular weight is 350 g/mol. The normalized spacial score (nSPS) is 11.8. The van der Waals surface area contributed by atoms with E-state index in [0.717, 1.165) is 21.5 Å². The summed E-state index contributed by atoms with van der Waals surface area (Å²) in [6.45, 7) is 1.42. The second-order valence-corrected chi connectivity index (χ2v) is 5.81. The highest BCUT2D eigenvalue weighted by Gasteiger charge is 2.23. The van der Waals surface area contributed by atoms with Crippen LogP contribution in [0.2, 0.25) is 0 Å². The Kier molecular flexibility index (Phi) is 4.84. The molecule has 132 valence electrons. The number of benzene rings is 3. The number of rotatable bonds is 3. The van der Waals surface area contributed by atoms with E-state index in [0.29, 0.717) is 5.56 Å². The number of hydrogen-bond acceptors (Lipinski definition) is 4. The largest absolute Gasteiger partial charge is 0.449 e. The number of hydrogen-bond donors (Lipinski definition) is 2. The number of imide groups is 1. The smallest absolute Gasteiger partial charge is 0.340 e. The van der Waals surface area contributed by atoms with E-state index in [1.54, 1.807) is 0 Å². The molecule has 1 atom stereocenters. The first-order valence-electron chi connectivity index (χ1n) is 8.15. The summed E-state index contributed by atoms with van der Waals surface area (Å²) < 4.78 is 5.33. The highest BCUT2D eigenvalue weighted by Crippen LogP contribution is 2.29. The van der Waals surface area contributed by atoms with Crippen LogP contribution >= 0.6 is 0 Å². The van der Waals surface area contributed by atoms with Gasteiger partial charge in [0.05, 0.1) is 5.56 Å². The summed E-state index contributed by atoms with van der Waals surface area (Å²) in [6, 6.07) is 16.3. The number of nitrogens with one attached hydrogen (secondary N) is 2. The molecule has 3 amide bonds. The van der Waals surface area contributed by atoms with Crippen molar-refractivity contribution in [3.63, 3.8) is 0 Å². The zero-order valence-electron chi connectivity index (χ0n) is 14.4. The molecule has 6 heteroatoms. The fourth-order valence-corrected chi connectivity index (χ4v) is 2.78. The van der Waals surface area contributed by atoms with Gasteiger partial charge >= 0.3 is 12.0 Å². The van der Waals surface area contributed by atoms with Crippen molar-refractivity contribution in [2.75, 3.05) is 7.05 Å². The van der Waals surface area contributed by atoms with Crippen LogP contribution in [-0.4, -0.2) is 31.1 Å². The van der Waals surface area contributed by atoms with E-state index in [2.05, 4.69) is 10.6 Å². The van der Waals surface area contributed by atoms with Gasteiger partial charge in [0.25, 0.3) is 5.91 Å². The van der Waals surface area contributed by atoms with Crippen molar-refractivity contribution < 1.29 is 19.1 Å². The molecular formula is C20H18N2O4. The van der Waals surface area contributed by atoms with Gasteiger partial charge in [-0.25, -0.2) is 9.59 Å². The van der Waals surface area contributed by atoms with Gasteiger partial charge < -0.3 is 10.1 Å². The van der Waals surface area contributed by atoms with Crippen molar-refractivity contribution in [2.24, 2.45) is 0 Å². The Labute approximate surface area is 150 Å². The monoisotopic (exact) mass is 350 g/mol. The Morgan fingerprint density at radius 1 is 0.923 bits per heavy atom. The molecule has 26 heavy (non-hydrogen) atoms. The molecular weight excluding hydrogens is 332 g/mol. The number of carbonyl (C=O) groups is 3. The molecule has 0 aliphatic rings. The zero-order valence-corrected chi connectivity index (χ0v) is 14.4. The fraction of sp³-hybridized carbons (Fsp3) is 0.150. The minimum absolute atomic E-state index is 0.401. The predicted molar refractivity (Wildman–Crippen MR) is 98.9 cm³/mol. The Morgan fingerprint density at radius 2 is 1.46 bits per heavy atom. The van der Waals surface area contributed by atoms with Crippen molar-refractivity contribution in [3.8, 4) is 0 Å². The first kappa shape index (κ1) is 17.4. The standard InChI is InChI=1S/C20H18N2O4/c1-12(18(23)22-20(25)21-2)26-19(24)17-15-9-5-3-7-13(15)11-14-8-4-6-10-16(14)17/h3-12H,1-2H3,(H2,21,22,23,25)/t12-/m0/s1. The maximum atomic E-state index is 12.8. The molecule has 0 aliphatic carbocycles. The van der Waals surface area contributed by atoms with E-state index in [1.165, 1.54) is 14.0 Å². The van der Waals surface area contributed by atoms with Gasteiger partial charge in [-0.05, 0) is 34.5 Å². The topological polar surface area (TPSA) is 84.5 Å². The lowest BCUT2D eigenvalue weighted by Gasteiger charge is -2.15. The van der Waals surface area contributed by atoms with E-state index in [9.17, 15) is 14.4 Å². The summed E-state index contributed by atoms with van der Waals surface area (Å²) in [7, 11) is 1.39. The molecule has 0 aromatic heterocycles. The third-order valence-electron chi connectivity index (χ3n) is 4.09. The summed E-state index contributed by atoms with van der Waals surface area (Å²) in [5.74, 6) is -1.31. The summed E-state index contributed by atoms with van der Waals surface area (Å²) in [6.07, 6.45) is -1.11. The zero-order chi connectivity index (χ0) is 18.7. The van der Waals surface area contributed by atoms with Gasteiger partial charge in [0.1, 0.15) is 0 Å². The molecule has 0 saturated heterocycles. The maximum absolute atomic E-state index is 12.8. The van der Waals surface area contributed by atoms with Crippen LogP contribution in [0, 0.1) is 0 Å². The van der Waals surface area contributed by atoms with Gasteiger partial charge in [0.15, 0.2) is 6.10 Å². The highest BCUT2D eigenvalue weighted by atomic mass is 16.5. The van der Waals surface area contributed by atoms with Crippen molar-refractivity contribution >= 4 is 39.5 Å². The van der Waals surface area contributed by atoms with Gasteiger partial charge in [-0.15, -0.1) is 0 Å². The number of amides is 3. The van der Waals surface area contributed by atoms with Gasteiger partial charge in [-0.1, -0.05) is 48.5 Å². The number of ether oxygens (including phenoxy) is 1. The van der Waals surface area contributed by atoms with E-state index in [-0.39, 0.29) is 0 Å². The number of urea groups is 1. The summed E-state index contributed by atoms with van der Waals surface area (Å²) >= 11 is 0. The number of fused-ring (bicyclic) bond motifs is 2. The lowest BCUT2D eigenvalue weighted by atomic mass is 9.97. The van der Waals surface area contributed by atoms with Crippen molar-refractivity contribution in [3.05, 3.63) is 60.2 Å². The molecule has 3 aromatic rings. The molecule has 0 unspecified atom stereocenters. The second-order valence-electron chi connectivity index (χ2n) is 5.81. The molecule has 2 N–H and O–H groups in total. The van der Waals surface area contributed by atoms with Crippen molar-refractivity contribution in [1.82, 2.24) is 10.6 Å². The van der Waals surface area contributed by atoms with E-state index >= 15 is 0 Å². The molecule has 0 radical (unpaired) electrons. The lowest BCUT2D eigenvalue weighted by Crippen LogP contribution is -2.43. The van der Waals surface area contributed by atoms with Crippen molar-refractivity contribution in [2.45, 2.75) is 13.0 Å². The Morgan fingerprint density at radius 3 is 2.00 bits per heavy atom. The first-order valence-corrected chi connectivity index (χ1v) is 8.15. The van der Waals surface area contributed by atoms with Crippen LogP contribution in [0.15, 0.2) is 54.6 Å². The van der Waals surface area contributed by atoms with Crippen LogP contribution in [0.5, 0.6) is 0 Å². The maximum Gasteiger partial charge on any atom is 0.340 e. The quantitative estimate of drug-likeness (QED) is 0.562. The molecule has 6 nitrogen and oxygen atoms in total. The number of carbonyl (C=O) groups excluding carboxylic acids is 3. The molecule has 0 heterocycles. The van der Waals surface area contributed by atoms with Crippen LogP contribution in [0.3, 0.4) is 0 Å². The van der Waals surface area contributed by atoms with Crippen LogP contribution < -0.4 is 10.6 Å². The Bertz CT molecular complexity index is 959. The second kappa shape index (κ2) is 7.23. The van der Waals surface area contributed by atoms with Gasteiger partial charge in [0.2, 0.25) is 0 Å². The molecule has 3 aromatic carbocycles. The summed E-state index contributed by atoms with van der Waals surface area (Å²) in [5.41, 5.74) is 0.401. The van der Waals surface area contributed by atoms with E-state index in [1.807, 2.05) is 54.6 Å². The lowest BCUT2D eigenvalue weighted by molar-refractivity contribution is -0.127. The molecule has 0 spiro atoms. The van der Waals surface area contributed by atoms with Gasteiger partial charge in [-0.2, -0.15) is 0 Å². The first-order chi connectivity index (χ1) is 12.5. The molecule has 0 aliphatic heterocycles. The molecule has 3 rings (SSSR count). The summed E-state index contributed by atoms with van der Waals surface area (Å²) in [4.78, 5) is 36.0. The minimum Gasteiger partial charge on any atom is -0.449 e. The third-order valence-corrected chi connectivity index (χ3v) is 4.09. The molecule has 0 bridgehead atoms. The predicted octanol–water partition coefficient (Wildman–Crippen LogP) is 2.99. The molecule has 0 saturated carbocycles. The highest BCUT2D eigenvalue weighted by molar-refractivity contribution is 6.16. The van der Waals surface area contributed by atoms with Gasteiger partial charge in [0, 0.05) is 7.05 Å². The van der Waals surface area contributed by atoms with E-state index < -0.39 is 24.0 Å². The van der Waals surface area contributed by atoms with Crippen LogP contribution in [-0.2, 0) is 9.53 Å². The number of esters is 1. The Balaban J connectivity index is 1.99. The molecule has 0 fully saturated rings. The Hall–Kier alpha value is -3.41. The third kappa shape index (κ3) is 3.35. The van der Waals surface area contributed by atoms with Crippen LogP contribution in [0.1, 0.15) is 17.3 Å². The van der Waals surface area contributed by atoms with E-state index in [4.69, 9.17) is 4.74 Å². The summed E-state index contributed by atoms with van der Waals surface area (Å²) in [5, 5.41) is 7.66. The SMILES string of the molecule is CNC(=O)NC(=O)[C@H](C)OC(=O)c1c2ccccc2cc2ccccc12.